The summed E-state index contributed by atoms with van der Waals surface area (Å²) in [5, 5.41) is 0.574. The molecule has 0 bridgehead atoms. The van der Waals surface area contributed by atoms with Crippen LogP contribution in [0.4, 0.5) is 5.69 Å². The molecule has 1 heterocycles. The molecule has 0 N–H and O–H groups in total. The first-order valence-electron chi connectivity index (χ1n) is 8.31. The summed E-state index contributed by atoms with van der Waals surface area (Å²) in [7, 11) is 0. The van der Waals surface area contributed by atoms with Gasteiger partial charge >= 0.3 is 5.97 Å². The van der Waals surface area contributed by atoms with Crippen molar-refractivity contribution in [2.24, 2.45) is 5.92 Å². The second kappa shape index (κ2) is 7.70. The molecule has 134 valence electrons. The summed E-state index contributed by atoms with van der Waals surface area (Å²) in [6.07, 6.45) is -0.835. The number of Topliss-reactive ketones (excluding diaryl/α,β-unsaturated/α-hetero) is 1. The number of ether oxygens (including phenoxy) is 1. The van der Waals surface area contributed by atoms with E-state index in [1.165, 1.54) is 4.90 Å². The Hall–Kier alpha value is -2.66. The second-order valence-corrected chi connectivity index (χ2v) is 6.63. The minimum atomic E-state index is -0.899. The normalized spacial score (nSPS) is 17.8. The number of nitrogens with zero attached hydrogens (tertiary/aromatic N) is 1. The number of esters is 1. The number of rotatable bonds is 5. The zero-order chi connectivity index (χ0) is 18.7. The van der Waals surface area contributed by atoms with Crippen molar-refractivity contribution in [2.45, 2.75) is 19.4 Å². The van der Waals surface area contributed by atoms with Gasteiger partial charge in [0.1, 0.15) is 0 Å². The van der Waals surface area contributed by atoms with E-state index in [4.69, 9.17) is 16.3 Å². The molecule has 3 rings (SSSR count). The van der Waals surface area contributed by atoms with Crippen LogP contribution < -0.4 is 4.90 Å². The fraction of sp³-hybridized carbons (Fsp3) is 0.250. The van der Waals surface area contributed by atoms with Gasteiger partial charge in [-0.1, -0.05) is 41.9 Å². The molecule has 1 saturated heterocycles. The summed E-state index contributed by atoms with van der Waals surface area (Å²) in [4.78, 5) is 38.5. The van der Waals surface area contributed by atoms with E-state index < -0.39 is 18.0 Å². The molecule has 26 heavy (non-hydrogen) atoms. The molecule has 1 amide bonds. The summed E-state index contributed by atoms with van der Waals surface area (Å²) in [5.41, 5.74) is 1.17. The van der Waals surface area contributed by atoms with Crippen molar-refractivity contribution >= 4 is 34.9 Å². The summed E-state index contributed by atoms with van der Waals surface area (Å²) in [6.45, 7) is 1.77. The molecule has 1 aliphatic rings. The molecule has 0 aromatic heterocycles. The van der Waals surface area contributed by atoms with Gasteiger partial charge in [-0.15, -0.1) is 0 Å². The number of ketones is 1. The third-order valence-electron chi connectivity index (χ3n) is 4.32. The molecule has 2 aromatic rings. The van der Waals surface area contributed by atoms with Crippen molar-refractivity contribution in [3.63, 3.8) is 0 Å². The first kappa shape index (κ1) is 18.1. The topological polar surface area (TPSA) is 63.7 Å². The lowest BCUT2D eigenvalue weighted by atomic mass is 10.1. The predicted molar refractivity (Wildman–Crippen MR) is 98.2 cm³/mol. The highest BCUT2D eigenvalue weighted by Crippen LogP contribution is 2.27. The maximum atomic E-state index is 12.4. The fourth-order valence-electron chi connectivity index (χ4n) is 2.90. The van der Waals surface area contributed by atoms with Gasteiger partial charge in [0, 0.05) is 29.2 Å². The first-order chi connectivity index (χ1) is 12.5. The van der Waals surface area contributed by atoms with Crippen LogP contribution in [0, 0.1) is 5.92 Å². The Morgan fingerprint density at radius 2 is 1.77 bits per heavy atom. The van der Waals surface area contributed by atoms with E-state index in [1.54, 1.807) is 55.5 Å². The van der Waals surface area contributed by atoms with Gasteiger partial charge in [0.25, 0.3) is 0 Å². The smallest absolute Gasteiger partial charge is 0.312 e. The molecular weight excluding hydrogens is 354 g/mol. The predicted octanol–water partition coefficient (Wildman–Crippen LogP) is 3.51. The maximum absolute atomic E-state index is 12.4. The van der Waals surface area contributed by atoms with Crippen LogP contribution in [0.5, 0.6) is 0 Å². The SMILES string of the molecule is C[C@@H](OC(=O)[C@H]1CC(=O)N(c2ccc(Cl)cc2)C1)C(=O)c1ccccc1. The van der Waals surface area contributed by atoms with Crippen LogP contribution in [0.1, 0.15) is 23.7 Å². The summed E-state index contributed by atoms with van der Waals surface area (Å²) >= 11 is 5.86. The van der Waals surface area contributed by atoms with Gasteiger partial charge in [0.2, 0.25) is 11.7 Å². The number of hydrogen-bond acceptors (Lipinski definition) is 4. The highest BCUT2D eigenvalue weighted by Gasteiger charge is 2.37. The lowest BCUT2D eigenvalue weighted by Gasteiger charge is -2.17. The van der Waals surface area contributed by atoms with E-state index in [0.717, 1.165) is 0 Å². The highest BCUT2D eigenvalue weighted by molar-refractivity contribution is 6.30. The standard InChI is InChI=1S/C20H18ClNO4/c1-13(19(24)14-5-3-2-4-6-14)26-20(25)15-11-18(23)22(12-15)17-9-7-16(21)8-10-17/h2-10,13,15H,11-12H2,1H3/t13-,15+/m1/s1. The van der Waals surface area contributed by atoms with Crippen molar-refractivity contribution in [2.75, 3.05) is 11.4 Å². The van der Waals surface area contributed by atoms with Crippen LogP contribution in [0.2, 0.25) is 5.02 Å². The van der Waals surface area contributed by atoms with E-state index in [-0.39, 0.29) is 24.7 Å². The molecule has 0 saturated carbocycles. The van der Waals surface area contributed by atoms with Crippen LogP contribution in [-0.4, -0.2) is 30.3 Å². The minimum Gasteiger partial charge on any atom is -0.454 e. The van der Waals surface area contributed by atoms with Crippen LogP contribution in [0.25, 0.3) is 0 Å². The Balaban J connectivity index is 1.63. The number of hydrogen-bond donors (Lipinski definition) is 0. The number of halogens is 1. The fourth-order valence-corrected chi connectivity index (χ4v) is 3.02. The van der Waals surface area contributed by atoms with Crippen LogP contribution in [0.15, 0.2) is 54.6 Å². The van der Waals surface area contributed by atoms with E-state index in [2.05, 4.69) is 0 Å². The third-order valence-corrected chi connectivity index (χ3v) is 4.57. The quantitative estimate of drug-likeness (QED) is 0.596. The number of carbonyl (C=O) groups excluding carboxylic acids is 3. The minimum absolute atomic E-state index is 0.0632. The van der Waals surface area contributed by atoms with Gasteiger partial charge < -0.3 is 9.64 Å². The van der Waals surface area contributed by atoms with E-state index in [9.17, 15) is 14.4 Å². The molecular formula is C20H18ClNO4. The average molecular weight is 372 g/mol. The van der Waals surface area contributed by atoms with Crippen molar-refractivity contribution < 1.29 is 19.1 Å². The van der Waals surface area contributed by atoms with Crippen LogP contribution >= 0.6 is 11.6 Å². The van der Waals surface area contributed by atoms with Gasteiger partial charge in [-0.3, -0.25) is 14.4 Å². The second-order valence-electron chi connectivity index (χ2n) is 6.19. The van der Waals surface area contributed by atoms with Gasteiger partial charge in [-0.05, 0) is 31.2 Å². The van der Waals surface area contributed by atoms with E-state index >= 15 is 0 Å². The zero-order valence-electron chi connectivity index (χ0n) is 14.2. The largest absolute Gasteiger partial charge is 0.454 e. The molecule has 2 aromatic carbocycles. The Labute approximate surface area is 156 Å². The Kier molecular flexibility index (Phi) is 5.38. The van der Waals surface area contributed by atoms with Crippen molar-refractivity contribution in [3.8, 4) is 0 Å². The van der Waals surface area contributed by atoms with Crippen molar-refractivity contribution in [1.82, 2.24) is 0 Å². The van der Waals surface area contributed by atoms with Gasteiger partial charge in [0.05, 0.1) is 5.92 Å². The van der Waals surface area contributed by atoms with Crippen molar-refractivity contribution in [1.29, 1.82) is 0 Å². The first-order valence-corrected chi connectivity index (χ1v) is 8.69. The van der Waals surface area contributed by atoms with Crippen molar-refractivity contribution in [3.05, 3.63) is 65.2 Å². The number of carbonyl (C=O) groups is 3. The number of amides is 1. The van der Waals surface area contributed by atoms with E-state index in [0.29, 0.717) is 16.3 Å². The zero-order valence-corrected chi connectivity index (χ0v) is 15.0. The summed E-state index contributed by atoms with van der Waals surface area (Å²) < 4.78 is 5.31. The lowest BCUT2D eigenvalue weighted by Crippen LogP contribution is -2.30. The summed E-state index contributed by atoms with van der Waals surface area (Å²) in [6, 6.07) is 15.5. The molecule has 0 aliphatic carbocycles. The lowest BCUT2D eigenvalue weighted by molar-refractivity contribution is -0.151. The van der Waals surface area contributed by atoms with Crippen LogP contribution in [0.3, 0.4) is 0 Å². The molecule has 1 aliphatic heterocycles. The molecule has 0 unspecified atom stereocenters. The monoisotopic (exact) mass is 371 g/mol. The maximum Gasteiger partial charge on any atom is 0.312 e. The van der Waals surface area contributed by atoms with Crippen LogP contribution in [-0.2, 0) is 14.3 Å². The molecule has 0 spiro atoms. The van der Waals surface area contributed by atoms with Gasteiger partial charge in [-0.2, -0.15) is 0 Å². The highest BCUT2D eigenvalue weighted by atomic mass is 35.5. The van der Waals surface area contributed by atoms with Gasteiger partial charge in [-0.25, -0.2) is 0 Å². The molecule has 5 nitrogen and oxygen atoms in total. The molecule has 2 atom stereocenters. The Morgan fingerprint density at radius 1 is 1.12 bits per heavy atom. The number of anilines is 1. The molecule has 1 fully saturated rings. The third kappa shape index (κ3) is 3.94. The average Bonchev–Trinajstić information content (AvgIpc) is 3.04. The Bertz CT molecular complexity index is 819. The van der Waals surface area contributed by atoms with Gasteiger partial charge in [0.15, 0.2) is 6.10 Å². The Morgan fingerprint density at radius 3 is 2.42 bits per heavy atom. The van der Waals surface area contributed by atoms with E-state index in [1.807, 2.05) is 6.07 Å². The molecule has 0 radical (unpaired) electrons. The number of benzene rings is 2. The molecule has 6 heteroatoms. The summed E-state index contributed by atoms with van der Waals surface area (Å²) in [5.74, 6) is -1.55.